The Balaban J connectivity index is 1.95. The van der Waals surface area contributed by atoms with E-state index in [2.05, 4.69) is 30.3 Å². The first-order chi connectivity index (χ1) is 10.2. The number of carbonyl (C=O) groups is 1. The van der Waals surface area contributed by atoms with Gasteiger partial charge in [-0.3, -0.25) is 0 Å². The van der Waals surface area contributed by atoms with Gasteiger partial charge in [-0.05, 0) is 43.5 Å². The van der Waals surface area contributed by atoms with Crippen molar-refractivity contribution in [2.24, 2.45) is 5.73 Å². The number of hydrogen-bond donors (Lipinski definition) is 1. The second kappa shape index (κ2) is 7.64. The number of ether oxygens (including phenoxy) is 1. The lowest BCUT2D eigenvalue weighted by Gasteiger charge is -2.00. The molecular weight excluding hydrogens is 282 g/mol. The van der Waals surface area contributed by atoms with Crippen LogP contribution in [-0.2, 0) is 22.4 Å². The average molecular weight is 301 g/mol. The standard InChI is InChI=1S/C17H19NO2S/c1-2-20-17(19)16(18)12-15-11-10-14(21-15)9-8-13-6-4-3-5-7-13/h3-7,10-12H,2,8-9,18H2,1H3/b16-12-. The highest BCUT2D eigenvalue weighted by Gasteiger charge is 2.07. The molecule has 1 aromatic carbocycles. The van der Waals surface area contributed by atoms with Gasteiger partial charge in [0.15, 0.2) is 0 Å². The van der Waals surface area contributed by atoms with Crippen LogP contribution in [0.25, 0.3) is 6.08 Å². The Morgan fingerprint density at radius 3 is 2.67 bits per heavy atom. The Kier molecular flexibility index (Phi) is 5.58. The lowest BCUT2D eigenvalue weighted by atomic mass is 10.1. The van der Waals surface area contributed by atoms with Crippen LogP contribution in [0.2, 0.25) is 0 Å². The molecule has 1 aromatic heterocycles. The SMILES string of the molecule is CCOC(=O)/C(N)=C/c1ccc(CCc2ccccc2)s1. The Bertz CT molecular complexity index is 617. The number of aryl methyl sites for hydroxylation is 2. The number of carbonyl (C=O) groups excluding carboxylic acids is 1. The molecule has 2 N–H and O–H groups in total. The van der Waals surface area contributed by atoms with Gasteiger partial charge in [0.25, 0.3) is 0 Å². The molecule has 3 nitrogen and oxygen atoms in total. The van der Waals surface area contributed by atoms with Crippen molar-refractivity contribution in [3.8, 4) is 0 Å². The predicted molar refractivity (Wildman–Crippen MR) is 87.0 cm³/mol. The minimum absolute atomic E-state index is 0.147. The van der Waals surface area contributed by atoms with Gasteiger partial charge >= 0.3 is 5.97 Å². The molecule has 0 amide bonds. The minimum Gasteiger partial charge on any atom is -0.461 e. The molecule has 0 bridgehead atoms. The second-order valence-electron chi connectivity index (χ2n) is 4.61. The average Bonchev–Trinajstić information content (AvgIpc) is 2.94. The van der Waals surface area contributed by atoms with Crippen LogP contribution in [0.4, 0.5) is 0 Å². The maximum absolute atomic E-state index is 11.5. The maximum Gasteiger partial charge on any atom is 0.354 e. The van der Waals surface area contributed by atoms with Gasteiger partial charge in [-0.25, -0.2) is 4.79 Å². The first-order valence-corrected chi connectivity index (χ1v) is 7.77. The summed E-state index contributed by atoms with van der Waals surface area (Å²) >= 11 is 1.65. The first kappa shape index (κ1) is 15.3. The van der Waals surface area contributed by atoms with Crippen LogP contribution in [0.5, 0.6) is 0 Å². The number of nitrogens with two attached hydrogens (primary N) is 1. The minimum atomic E-state index is -0.461. The molecular formula is C17H19NO2S. The van der Waals surface area contributed by atoms with Crippen LogP contribution in [0, 0.1) is 0 Å². The molecule has 0 radical (unpaired) electrons. The highest BCUT2D eigenvalue weighted by Crippen LogP contribution is 2.20. The van der Waals surface area contributed by atoms with Gasteiger partial charge in [-0.15, -0.1) is 11.3 Å². The molecule has 0 fully saturated rings. The Morgan fingerprint density at radius 2 is 1.95 bits per heavy atom. The zero-order chi connectivity index (χ0) is 15.1. The zero-order valence-corrected chi connectivity index (χ0v) is 12.9. The summed E-state index contributed by atoms with van der Waals surface area (Å²) in [4.78, 5) is 13.7. The van der Waals surface area contributed by atoms with E-state index in [9.17, 15) is 4.79 Å². The largest absolute Gasteiger partial charge is 0.461 e. The van der Waals surface area contributed by atoms with Crippen molar-refractivity contribution in [2.75, 3.05) is 6.61 Å². The summed E-state index contributed by atoms with van der Waals surface area (Å²) in [5.74, 6) is -0.461. The fraction of sp³-hybridized carbons (Fsp3) is 0.235. The third kappa shape index (κ3) is 4.76. The van der Waals surface area contributed by atoms with Crippen LogP contribution in [0.3, 0.4) is 0 Å². The molecule has 0 saturated carbocycles. The van der Waals surface area contributed by atoms with Gasteiger partial charge < -0.3 is 10.5 Å². The fourth-order valence-electron chi connectivity index (χ4n) is 1.95. The van der Waals surface area contributed by atoms with Crippen LogP contribution >= 0.6 is 11.3 Å². The number of rotatable bonds is 6. The van der Waals surface area contributed by atoms with Gasteiger partial charge in [0.05, 0.1) is 6.61 Å². The molecule has 0 unspecified atom stereocenters. The highest BCUT2D eigenvalue weighted by atomic mass is 32.1. The van der Waals surface area contributed by atoms with Crippen LogP contribution in [0.15, 0.2) is 48.2 Å². The number of benzene rings is 1. The van der Waals surface area contributed by atoms with E-state index in [0.717, 1.165) is 17.7 Å². The monoisotopic (exact) mass is 301 g/mol. The van der Waals surface area contributed by atoms with E-state index in [4.69, 9.17) is 10.5 Å². The van der Waals surface area contributed by atoms with Crippen molar-refractivity contribution in [1.29, 1.82) is 0 Å². The lowest BCUT2D eigenvalue weighted by Crippen LogP contribution is -2.14. The molecule has 0 aliphatic carbocycles. The molecule has 2 aromatic rings. The summed E-state index contributed by atoms with van der Waals surface area (Å²) < 4.78 is 4.86. The van der Waals surface area contributed by atoms with Crippen LogP contribution in [0.1, 0.15) is 22.2 Å². The molecule has 1 heterocycles. The Hall–Kier alpha value is -2.07. The fourth-order valence-corrected chi connectivity index (χ4v) is 2.91. The molecule has 4 heteroatoms. The van der Waals surface area contributed by atoms with Gasteiger partial charge in [0, 0.05) is 9.75 Å². The van der Waals surface area contributed by atoms with Crippen molar-refractivity contribution in [2.45, 2.75) is 19.8 Å². The van der Waals surface area contributed by atoms with E-state index in [1.165, 1.54) is 10.4 Å². The second-order valence-corrected chi connectivity index (χ2v) is 5.81. The van der Waals surface area contributed by atoms with E-state index in [-0.39, 0.29) is 5.70 Å². The van der Waals surface area contributed by atoms with Crippen LogP contribution in [-0.4, -0.2) is 12.6 Å². The van der Waals surface area contributed by atoms with Gasteiger partial charge in [-0.2, -0.15) is 0 Å². The zero-order valence-electron chi connectivity index (χ0n) is 12.0. The quantitative estimate of drug-likeness (QED) is 0.657. The molecule has 2 rings (SSSR count). The molecule has 21 heavy (non-hydrogen) atoms. The van der Waals surface area contributed by atoms with Crippen molar-refractivity contribution in [3.05, 3.63) is 63.5 Å². The summed E-state index contributed by atoms with van der Waals surface area (Å²) in [6.07, 6.45) is 3.67. The molecule has 0 saturated heterocycles. The summed E-state index contributed by atoms with van der Waals surface area (Å²) in [6, 6.07) is 14.5. The number of hydrogen-bond acceptors (Lipinski definition) is 4. The number of esters is 1. The summed E-state index contributed by atoms with van der Waals surface area (Å²) in [5, 5.41) is 0. The van der Waals surface area contributed by atoms with E-state index in [1.54, 1.807) is 24.3 Å². The Labute approximate surface area is 129 Å². The normalized spacial score (nSPS) is 11.4. The number of thiophene rings is 1. The first-order valence-electron chi connectivity index (χ1n) is 6.96. The topological polar surface area (TPSA) is 52.3 Å². The van der Waals surface area contributed by atoms with Crippen molar-refractivity contribution in [3.63, 3.8) is 0 Å². The van der Waals surface area contributed by atoms with Crippen molar-refractivity contribution in [1.82, 2.24) is 0 Å². The summed E-state index contributed by atoms with van der Waals surface area (Å²) in [7, 11) is 0. The van der Waals surface area contributed by atoms with E-state index in [1.807, 2.05) is 12.1 Å². The van der Waals surface area contributed by atoms with Crippen molar-refractivity contribution < 1.29 is 9.53 Å². The molecule has 0 atom stereocenters. The van der Waals surface area contributed by atoms with Gasteiger partial charge in [0.2, 0.25) is 0 Å². The molecule has 0 spiro atoms. The molecule has 110 valence electrons. The molecule has 0 aliphatic heterocycles. The summed E-state index contributed by atoms with van der Waals surface area (Å²) in [5.41, 5.74) is 7.18. The smallest absolute Gasteiger partial charge is 0.354 e. The highest BCUT2D eigenvalue weighted by molar-refractivity contribution is 7.12. The maximum atomic E-state index is 11.5. The van der Waals surface area contributed by atoms with Gasteiger partial charge in [-0.1, -0.05) is 30.3 Å². The van der Waals surface area contributed by atoms with Crippen LogP contribution < -0.4 is 5.73 Å². The van der Waals surface area contributed by atoms with E-state index in [0.29, 0.717) is 6.61 Å². The van der Waals surface area contributed by atoms with E-state index >= 15 is 0 Å². The summed E-state index contributed by atoms with van der Waals surface area (Å²) in [6.45, 7) is 2.10. The third-order valence-electron chi connectivity index (χ3n) is 2.99. The third-order valence-corrected chi connectivity index (χ3v) is 4.09. The molecule has 0 aliphatic rings. The van der Waals surface area contributed by atoms with Crippen molar-refractivity contribution >= 4 is 23.4 Å². The lowest BCUT2D eigenvalue weighted by molar-refractivity contribution is -0.138. The Morgan fingerprint density at radius 1 is 1.19 bits per heavy atom. The van der Waals surface area contributed by atoms with Gasteiger partial charge in [0.1, 0.15) is 5.70 Å². The van der Waals surface area contributed by atoms with E-state index < -0.39 is 5.97 Å². The predicted octanol–water partition coefficient (Wildman–Crippen LogP) is 3.40.